The first-order valence-electron chi connectivity index (χ1n) is 4.60. The van der Waals surface area contributed by atoms with Crippen LogP contribution in [0.25, 0.3) is 0 Å². The molecule has 1 unspecified atom stereocenters. The highest BCUT2D eigenvalue weighted by molar-refractivity contribution is 5.76. The van der Waals surface area contributed by atoms with Crippen LogP contribution in [0.15, 0.2) is 12.2 Å². The van der Waals surface area contributed by atoms with Crippen LogP contribution in [0.4, 0.5) is 13.2 Å². The maximum absolute atomic E-state index is 11.8. The Morgan fingerprint density at radius 3 is 2.73 bits per heavy atom. The van der Waals surface area contributed by atoms with Gasteiger partial charge in [0.15, 0.2) is 0 Å². The van der Waals surface area contributed by atoms with Crippen LogP contribution >= 0.6 is 0 Å². The van der Waals surface area contributed by atoms with Gasteiger partial charge in [-0.2, -0.15) is 13.2 Å². The first-order chi connectivity index (χ1) is 6.97. The van der Waals surface area contributed by atoms with Crippen molar-refractivity contribution in [2.45, 2.75) is 31.7 Å². The van der Waals surface area contributed by atoms with Gasteiger partial charge < -0.3 is 10.1 Å². The molecule has 1 N–H and O–H groups in total. The lowest BCUT2D eigenvalue weighted by molar-refractivity contribution is -0.145. The van der Waals surface area contributed by atoms with E-state index in [1.165, 1.54) is 0 Å². The van der Waals surface area contributed by atoms with Gasteiger partial charge in [-0.05, 0) is 0 Å². The van der Waals surface area contributed by atoms with E-state index < -0.39 is 31.2 Å². The van der Waals surface area contributed by atoms with Crippen LogP contribution in [0, 0.1) is 0 Å². The number of halogens is 3. The largest absolute Gasteiger partial charge is 0.389 e. The van der Waals surface area contributed by atoms with Gasteiger partial charge >= 0.3 is 6.18 Å². The molecule has 0 fully saturated rings. The zero-order valence-electron chi connectivity index (χ0n) is 8.01. The Labute approximate surface area is 85.3 Å². The van der Waals surface area contributed by atoms with E-state index in [2.05, 4.69) is 5.32 Å². The fraction of sp³-hybridized carbons (Fsp3) is 0.667. The lowest BCUT2D eigenvalue weighted by atomic mass is 10.2. The highest BCUT2D eigenvalue weighted by Crippen LogP contribution is 2.21. The van der Waals surface area contributed by atoms with Gasteiger partial charge in [-0.25, -0.2) is 0 Å². The third-order valence-corrected chi connectivity index (χ3v) is 1.87. The summed E-state index contributed by atoms with van der Waals surface area (Å²) in [4.78, 5) is 11.0. The molecule has 1 atom stereocenters. The first kappa shape index (κ1) is 12.0. The molecule has 0 aromatic heterocycles. The number of rotatable bonds is 3. The molecule has 0 spiro atoms. The van der Waals surface area contributed by atoms with Gasteiger partial charge in [-0.3, -0.25) is 4.79 Å². The summed E-state index contributed by atoms with van der Waals surface area (Å²) in [5.41, 5.74) is 0. The highest BCUT2D eigenvalue weighted by Gasteiger charge is 2.28. The monoisotopic (exact) mass is 223 g/mol. The van der Waals surface area contributed by atoms with E-state index in [1.807, 2.05) is 6.08 Å². The van der Waals surface area contributed by atoms with E-state index >= 15 is 0 Å². The summed E-state index contributed by atoms with van der Waals surface area (Å²) in [7, 11) is 0. The Morgan fingerprint density at radius 2 is 2.20 bits per heavy atom. The fourth-order valence-electron chi connectivity index (χ4n) is 1.14. The third kappa shape index (κ3) is 5.41. The van der Waals surface area contributed by atoms with Gasteiger partial charge in [-0.15, -0.1) is 0 Å². The Kier molecular flexibility index (Phi) is 4.14. The van der Waals surface area contributed by atoms with Crippen molar-refractivity contribution in [1.82, 2.24) is 5.32 Å². The molecule has 1 amide bonds. The van der Waals surface area contributed by atoms with E-state index in [0.717, 1.165) is 0 Å². The summed E-state index contributed by atoms with van der Waals surface area (Å²) in [6, 6.07) is 0. The molecule has 15 heavy (non-hydrogen) atoms. The molecule has 0 aliphatic carbocycles. The van der Waals surface area contributed by atoms with Gasteiger partial charge in [-0.1, -0.05) is 12.2 Å². The minimum atomic E-state index is -4.29. The molecule has 0 aromatic carbocycles. The molecule has 0 saturated heterocycles. The number of hydrogen-bond donors (Lipinski definition) is 1. The molecule has 0 aromatic rings. The Morgan fingerprint density at radius 1 is 1.47 bits per heavy atom. The lowest BCUT2D eigenvalue weighted by Gasteiger charge is -2.20. The van der Waals surface area contributed by atoms with Crippen LogP contribution < -0.4 is 5.32 Å². The number of hydrogen-bond acceptors (Lipinski definition) is 2. The molecular formula is C9H12F3NO2. The Hall–Kier alpha value is -1.04. The number of carbonyl (C=O) groups is 1. The van der Waals surface area contributed by atoms with Gasteiger partial charge in [0.1, 0.15) is 6.23 Å². The second-order valence-electron chi connectivity index (χ2n) is 3.21. The fourth-order valence-corrected chi connectivity index (χ4v) is 1.14. The van der Waals surface area contributed by atoms with Crippen LogP contribution in [-0.2, 0) is 9.53 Å². The second-order valence-corrected chi connectivity index (χ2v) is 3.21. The van der Waals surface area contributed by atoms with Crippen LogP contribution in [0.2, 0.25) is 0 Å². The molecule has 1 aliphatic heterocycles. The third-order valence-electron chi connectivity index (χ3n) is 1.87. The minimum absolute atomic E-state index is 0.379. The smallest absolute Gasteiger partial charge is 0.354 e. The van der Waals surface area contributed by atoms with Crippen LogP contribution in [-0.4, -0.2) is 24.9 Å². The van der Waals surface area contributed by atoms with Crippen molar-refractivity contribution in [3.05, 3.63) is 12.2 Å². The Balaban J connectivity index is 2.21. The maximum Gasteiger partial charge on any atom is 0.389 e. The average molecular weight is 223 g/mol. The highest BCUT2D eigenvalue weighted by atomic mass is 19.4. The van der Waals surface area contributed by atoms with Gasteiger partial charge in [0.25, 0.3) is 0 Å². The summed E-state index contributed by atoms with van der Waals surface area (Å²) >= 11 is 0. The molecule has 1 heterocycles. The SMILES string of the molecule is O=C(CCC(F)(F)F)NC1CC=CCO1. The molecule has 3 nitrogen and oxygen atoms in total. The molecule has 1 rings (SSSR count). The van der Waals surface area contributed by atoms with Gasteiger partial charge in [0.2, 0.25) is 5.91 Å². The molecule has 0 saturated carbocycles. The number of ether oxygens (including phenoxy) is 1. The minimum Gasteiger partial charge on any atom is -0.354 e. The van der Waals surface area contributed by atoms with Crippen LogP contribution in [0.5, 0.6) is 0 Å². The predicted molar refractivity (Wildman–Crippen MR) is 46.9 cm³/mol. The normalized spacial score (nSPS) is 21.4. The zero-order chi connectivity index (χ0) is 11.3. The summed E-state index contributed by atoms with van der Waals surface area (Å²) in [5, 5.41) is 2.38. The molecule has 86 valence electrons. The summed E-state index contributed by atoms with van der Waals surface area (Å²) in [5.74, 6) is -0.632. The molecule has 0 radical (unpaired) electrons. The number of nitrogens with one attached hydrogen (secondary N) is 1. The standard InChI is InChI=1S/C9H12F3NO2/c10-9(11,12)5-4-7(14)13-8-3-1-2-6-15-8/h1-2,8H,3-6H2,(H,13,14). The lowest BCUT2D eigenvalue weighted by Crippen LogP contribution is -2.38. The number of carbonyl (C=O) groups excluding carboxylic acids is 1. The van der Waals surface area contributed by atoms with Crippen molar-refractivity contribution in [3.63, 3.8) is 0 Å². The van der Waals surface area contributed by atoms with Crippen LogP contribution in [0.3, 0.4) is 0 Å². The predicted octanol–water partition coefficient (Wildman–Crippen LogP) is 1.75. The van der Waals surface area contributed by atoms with E-state index in [4.69, 9.17) is 4.74 Å². The van der Waals surface area contributed by atoms with Crippen LogP contribution in [0.1, 0.15) is 19.3 Å². The molecule has 6 heteroatoms. The van der Waals surface area contributed by atoms with Gasteiger partial charge in [0, 0.05) is 12.8 Å². The van der Waals surface area contributed by atoms with Crippen molar-refractivity contribution >= 4 is 5.91 Å². The zero-order valence-corrected chi connectivity index (χ0v) is 8.01. The number of alkyl halides is 3. The quantitative estimate of drug-likeness (QED) is 0.740. The maximum atomic E-state index is 11.8. The van der Waals surface area contributed by atoms with E-state index in [-0.39, 0.29) is 0 Å². The van der Waals surface area contributed by atoms with Crippen molar-refractivity contribution in [2.24, 2.45) is 0 Å². The van der Waals surface area contributed by atoms with E-state index in [1.54, 1.807) is 6.08 Å². The van der Waals surface area contributed by atoms with Crippen molar-refractivity contribution in [1.29, 1.82) is 0 Å². The van der Waals surface area contributed by atoms with Crippen molar-refractivity contribution in [3.8, 4) is 0 Å². The topological polar surface area (TPSA) is 38.3 Å². The molecule has 1 aliphatic rings. The summed E-state index contributed by atoms with van der Waals surface area (Å²) in [6.07, 6.45) is -2.32. The Bertz CT molecular complexity index is 250. The van der Waals surface area contributed by atoms with E-state index in [0.29, 0.717) is 13.0 Å². The van der Waals surface area contributed by atoms with Crippen molar-refractivity contribution in [2.75, 3.05) is 6.61 Å². The van der Waals surface area contributed by atoms with E-state index in [9.17, 15) is 18.0 Å². The summed E-state index contributed by atoms with van der Waals surface area (Å²) in [6.45, 7) is 0.379. The molecular weight excluding hydrogens is 211 g/mol. The number of amides is 1. The molecule has 0 bridgehead atoms. The summed E-state index contributed by atoms with van der Waals surface area (Å²) < 4.78 is 40.4. The second kappa shape index (κ2) is 5.16. The average Bonchev–Trinajstić information content (AvgIpc) is 2.15. The first-order valence-corrected chi connectivity index (χ1v) is 4.60. The van der Waals surface area contributed by atoms with Gasteiger partial charge in [0.05, 0.1) is 13.0 Å². The van der Waals surface area contributed by atoms with Crippen molar-refractivity contribution < 1.29 is 22.7 Å².